The Kier molecular flexibility index (Phi) is 14.5. The van der Waals surface area contributed by atoms with E-state index >= 15 is 0 Å². The van der Waals surface area contributed by atoms with Gasteiger partial charge in [-0.15, -0.1) is 0 Å². The van der Waals surface area contributed by atoms with Gasteiger partial charge in [0.1, 0.15) is 34.6 Å². The van der Waals surface area contributed by atoms with Gasteiger partial charge in [-0.05, 0) is 129 Å². The van der Waals surface area contributed by atoms with Gasteiger partial charge in [-0.3, -0.25) is 28.4 Å². The van der Waals surface area contributed by atoms with E-state index in [-0.39, 0.29) is 11.8 Å². The number of para-hydroxylation sites is 2. The van der Waals surface area contributed by atoms with Crippen LogP contribution in [-0.2, 0) is 9.59 Å². The molecule has 8 aromatic rings. The normalized spacial score (nSPS) is 15.7. The summed E-state index contributed by atoms with van der Waals surface area (Å²) in [6, 6.07) is 35.6. The fourth-order valence-electron chi connectivity index (χ4n) is 8.13. The van der Waals surface area contributed by atoms with Crippen molar-refractivity contribution < 1.29 is 19.1 Å². The molecule has 4 aromatic heterocycles. The predicted octanol–water partition coefficient (Wildman–Crippen LogP) is 10.7. The largest absolute Gasteiger partial charge is 0.457 e. The summed E-state index contributed by atoms with van der Waals surface area (Å²) in [5.74, 6) is 5.87. The molecule has 2 aliphatic heterocycles. The number of fused-ring (bicyclic) bond motifs is 2. The number of imidazole rings is 2. The molecule has 2 aliphatic rings. The van der Waals surface area contributed by atoms with E-state index in [9.17, 15) is 9.59 Å². The SMILES string of the molecule is C=CC(=O)Cl.C=CC(=O)N1CCC[C@@H](c2nc(-c3ccc(Oc4ccccc4)cc3)c3cnccn23)C1.c1ccc(Oc2ccc(-c3nc([C@@H]4CCCNC4)n4ccncc34)cc2)cc1. The first-order chi connectivity index (χ1) is 31.9. The van der Waals surface area contributed by atoms with Crippen molar-refractivity contribution in [3.8, 4) is 45.5 Å². The lowest BCUT2D eigenvalue weighted by atomic mass is 9.97. The van der Waals surface area contributed by atoms with Crippen LogP contribution >= 0.6 is 11.6 Å². The van der Waals surface area contributed by atoms with Crippen molar-refractivity contribution in [2.45, 2.75) is 37.5 Å². The number of amides is 1. The van der Waals surface area contributed by atoms with Gasteiger partial charge in [0.05, 0.1) is 34.8 Å². The number of hydrogen-bond donors (Lipinski definition) is 1. The monoisotopic (exact) mass is 884 g/mol. The molecule has 12 nitrogen and oxygen atoms in total. The van der Waals surface area contributed by atoms with Gasteiger partial charge in [-0.1, -0.05) is 49.6 Å². The van der Waals surface area contributed by atoms with E-state index < -0.39 is 5.24 Å². The Morgan fingerprint density at radius 1 is 0.646 bits per heavy atom. The summed E-state index contributed by atoms with van der Waals surface area (Å²) < 4.78 is 16.1. The minimum absolute atomic E-state index is 0.0218. The first kappa shape index (κ1) is 44.2. The second kappa shape index (κ2) is 21.3. The van der Waals surface area contributed by atoms with Gasteiger partial charge in [0, 0.05) is 67.4 Å². The van der Waals surface area contributed by atoms with E-state index in [1.54, 1.807) is 6.20 Å². The third-order valence-corrected chi connectivity index (χ3v) is 11.4. The van der Waals surface area contributed by atoms with Gasteiger partial charge in [-0.2, -0.15) is 0 Å². The van der Waals surface area contributed by atoms with Crippen LogP contribution in [-0.4, -0.2) is 71.0 Å². The van der Waals surface area contributed by atoms with Crippen LogP contribution in [0.2, 0.25) is 0 Å². The van der Waals surface area contributed by atoms with Gasteiger partial charge in [-0.25, -0.2) is 9.97 Å². The highest BCUT2D eigenvalue weighted by molar-refractivity contribution is 6.66. The topological polar surface area (TPSA) is 128 Å². The molecule has 0 bridgehead atoms. The van der Waals surface area contributed by atoms with Crippen LogP contribution in [0.3, 0.4) is 0 Å². The summed E-state index contributed by atoms with van der Waals surface area (Å²) in [4.78, 5) is 42.2. The molecular formula is C52H49ClN8O4. The Morgan fingerprint density at radius 3 is 1.58 bits per heavy atom. The zero-order valence-corrected chi connectivity index (χ0v) is 36.6. The van der Waals surface area contributed by atoms with Crippen LogP contribution < -0.4 is 14.8 Å². The molecule has 0 saturated carbocycles. The van der Waals surface area contributed by atoms with Crippen molar-refractivity contribution >= 4 is 33.8 Å². The summed E-state index contributed by atoms with van der Waals surface area (Å²) in [6.45, 7) is 10.2. The molecule has 1 amide bonds. The number of carbonyl (C=O) groups is 2. The summed E-state index contributed by atoms with van der Waals surface area (Å²) in [5, 5.41) is 2.98. The van der Waals surface area contributed by atoms with Crippen LogP contribution in [0.5, 0.6) is 23.0 Å². The van der Waals surface area contributed by atoms with Crippen molar-refractivity contribution in [1.82, 2.24) is 39.0 Å². The molecular weight excluding hydrogens is 836 g/mol. The van der Waals surface area contributed by atoms with Crippen molar-refractivity contribution in [2.24, 2.45) is 0 Å². The van der Waals surface area contributed by atoms with Crippen molar-refractivity contribution in [1.29, 1.82) is 0 Å². The van der Waals surface area contributed by atoms with Crippen molar-refractivity contribution in [2.75, 3.05) is 26.2 Å². The molecule has 2 fully saturated rings. The number of rotatable bonds is 10. The van der Waals surface area contributed by atoms with Crippen LogP contribution in [0.1, 0.15) is 49.2 Å². The third kappa shape index (κ3) is 10.9. The van der Waals surface area contributed by atoms with Gasteiger partial charge < -0.3 is 19.7 Å². The molecule has 6 heterocycles. The third-order valence-electron chi connectivity index (χ3n) is 11.3. The average molecular weight is 885 g/mol. The van der Waals surface area contributed by atoms with Crippen LogP contribution in [0.25, 0.3) is 33.5 Å². The molecule has 328 valence electrons. The zero-order valence-electron chi connectivity index (χ0n) is 35.9. The smallest absolute Gasteiger partial charge is 0.245 e. The second-order valence-corrected chi connectivity index (χ2v) is 15.9. The number of piperidine rings is 2. The number of ether oxygens (including phenoxy) is 2. The van der Waals surface area contributed by atoms with Gasteiger partial charge in [0.25, 0.3) is 0 Å². The molecule has 65 heavy (non-hydrogen) atoms. The van der Waals surface area contributed by atoms with E-state index in [0.717, 1.165) is 113 Å². The Labute approximate surface area is 382 Å². The Bertz CT molecular complexity index is 2860. The van der Waals surface area contributed by atoms with E-state index in [1.165, 1.54) is 12.5 Å². The number of likely N-dealkylation sites (tertiary alicyclic amines) is 1. The highest BCUT2D eigenvalue weighted by atomic mass is 35.5. The van der Waals surface area contributed by atoms with Gasteiger partial charge >= 0.3 is 0 Å². The van der Waals surface area contributed by atoms with E-state index in [1.807, 2.05) is 133 Å². The van der Waals surface area contributed by atoms with E-state index in [4.69, 9.17) is 31.0 Å². The first-order valence-corrected chi connectivity index (χ1v) is 22.0. The lowest BCUT2D eigenvalue weighted by Crippen LogP contribution is -2.38. The molecule has 0 spiro atoms. The number of halogens is 1. The van der Waals surface area contributed by atoms with Crippen molar-refractivity contribution in [3.63, 3.8) is 0 Å². The quantitative estimate of drug-likeness (QED) is 0.105. The first-order valence-electron chi connectivity index (χ1n) is 21.6. The molecule has 2 saturated heterocycles. The van der Waals surface area contributed by atoms with Gasteiger partial charge in [0.2, 0.25) is 11.1 Å². The molecule has 10 rings (SSSR count). The summed E-state index contributed by atoms with van der Waals surface area (Å²) in [6.07, 6.45) is 18.0. The maximum atomic E-state index is 12.2. The number of carbonyl (C=O) groups excluding carboxylic acids is 2. The highest BCUT2D eigenvalue weighted by Gasteiger charge is 2.28. The number of allylic oxidation sites excluding steroid dienone is 1. The van der Waals surface area contributed by atoms with E-state index in [0.29, 0.717) is 12.5 Å². The molecule has 4 aromatic carbocycles. The maximum absolute atomic E-state index is 12.2. The second-order valence-electron chi connectivity index (χ2n) is 15.6. The fourth-order valence-corrected chi connectivity index (χ4v) is 8.13. The number of hydrogen-bond acceptors (Lipinski definition) is 9. The average Bonchev–Trinajstić information content (AvgIpc) is 3.95. The molecule has 0 radical (unpaired) electrons. The van der Waals surface area contributed by atoms with Crippen LogP contribution in [0.4, 0.5) is 0 Å². The van der Waals surface area contributed by atoms with Crippen LogP contribution in [0, 0.1) is 0 Å². The Morgan fingerprint density at radius 2 is 1.12 bits per heavy atom. The van der Waals surface area contributed by atoms with Crippen LogP contribution in [0.15, 0.2) is 172 Å². The lowest BCUT2D eigenvalue weighted by Gasteiger charge is -2.31. The molecule has 13 heteroatoms. The minimum Gasteiger partial charge on any atom is -0.457 e. The Hall–Kier alpha value is -7.41. The lowest BCUT2D eigenvalue weighted by molar-refractivity contribution is -0.127. The number of aromatic nitrogens is 6. The standard InChI is InChI=1S/C26H24N4O2.C23H22N4O.C3H3ClO/c1-2-24(31)29-15-6-7-20(18-29)26-28-25(23-17-27-14-16-30(23)26)19-10-12-22(13-11-19)32-21-8-4-3-5-9-21;1-2-6-19(7-3-1)28-20-10-8-17(9-11-20)22-21-16-25-13-14-27(21)23(26-22)18-5-4-12-24-15-18;1-2-3(4)5/h2-5,8-14,16-17,20H,1,6-7,15,18H2;1-3,6-11,13-14,16,18,24H,4-5,12,15H2;2H,1H2/t20-;18-;/m11./s1. The van der Waals surface area contributed by atoms with Crippen molar-refractivity contribution in [3.05, 3.63) is 183 Å². The number of benzene rings is 4. The summed E-state index contributed by atoms with van der Waals surface area (Å²) >= 11 is 4.71. The minimum atomic E-state index is -0.509. The predicted molar refractivity (Wildman–Crippen MR) is 255 cm³/mol. The molecule has 2 atom stereocenters. The fraction of sp³-hybridized carbons (Fsp3) is 0.192. The molecule has 1 N–H and O–H groups in total. The van der Waals surface area contributed by atoms with E-state index in [2.05, 4.69) is 49.4 Å². The van der Waals surface area contributed by atoms with Gasteiger partial charge in [0.15, 0.2) is 0 Å². The maximum Gasteiger partial charge on any atom is 0.245 e. The Balaban J connectivity index is 0.000000162. The molecule has 0 aliphatic carbocycles. The zero-order chi connectivity index (χ0) is 45.0. The highest BCUT2D eigenvalue weighted by Crippen LogP contribution is 2.34. The number of nitrogens with one attached hydrogen (secondary N) is 1. The summed E-state index contributed by atoms with van der Waals surface area (Å²) in [7, 11) is 0. The number of nitrogens with zero attached hydrogens (tertiary/aromatic N) is 7. The molecule has 0 unspecified atom stereocenters. The summed E-state index contributed by atoms with van der Waals surface area (Å²) in [5.41, 5.74) is 5.91.